The molecule has 1 atom stereocenters. The van der Waals surface area contributed by atoms with E-state index < -0.39 is 12.0 Å². The first-order chi connectivity index (χ1) is 8.92. The van der Waals surface area contributed by atoms with E-state index in [1.165, 1.54) is 17.0 Å². The zero-order valence-corrected chi connectivity index (χ0v) is 10.6. The summed E-state index contributed by atoms with van der Waals surface area (Å²) in [6.45, 7) is 5.10. The smallest absolute Gasteiger partial charge is 0.302 e. The Hall–Kier alpha value is -2.09. The second-order valence-electron chi connectivity index (χ2n) is 4.62. The van der Waals surface area contributed by atoms with Crippen LogP contribution >= 0.6 is 0 Å². The Morgan fingerprint density at radius 3 is 2.58 bits per heavy atom. The lowest BCUT2D eigenvalue weighted by molar-refractivity contribution is -0.0614. The predicted molar refractivity (Wildman–Crippen MR) is 66.9 cm³/mol. The zero-order chi connectivity index (χ0) is 14.0. The number of ether oxygens (including phenoxy) is 1. The number of nitriles is 1. The first-order valence-corrected chi connectivity index (χ1v) is 5.87. The van der Waals surface area contributed by atoms with Crippen molar-refractivity contribution in [2.24, 2.45) is 0 Å². The Bertz CT molecular complexity index is 519. The molecule has 0 aromatic heterocycles. The molecule has 2 rings (SSSR count). The lowest BCUT2D eigenvalue weighted by atomic mass is 10.2. The first-order valence-electron chi connectivity index (χ1n) is 5.87. The quantitative estimate of drug-likeness (QED) is 0.842. The summed E-state index contributed by atoms with van der Waals surface area (Å²) < 4.78 is 32.9. The second kappa shape index (κ2) is 4.88. The van der Waals surface area contributed by atoms with Crippen LogP contribution in [0.5, 0.6) is 5.75 Å². The molecule has 0 bridgehead atoms. The van der Waals surface area contributed by atoms with Gasteiger partial charge in [-0.25, -0.2) is 8.78 Å². The summed E-state index contributed by atoms with van der Waals surface area (Å²) in [7, 11) is 0. The minimum absolute atomic E-state index is 0.113. The van der Waals surface area contributed by atoms with Crippen molar-refractivity contribution in [2.75, 3.05) is 13.1 Å². The molecule has 0 radical (unpaired) electrons. The minimum Gasteiger partial charge on any atom is -0.482 e. The monoisotopic (exact) mass is 264 g/mol. The molecular formula is C14H14F2N2O. The van der Waals surface area contributed by atoms with Gasteiger partial charge in [0.05, 0.1) is 24.7 Å². The molecule has 1 unspecified atom stereocenters. The van der Waals surface area contributed by atoms with Crippen LogP contribution in [0.4, 0.5) is 8.78 Å². The van der Waals surface area contributed by atoms with Gasteiger partial charge in [0, 0.05) is 5.70 Å². The molecule has 1 saturated heterocycles. The fourth-order valence-electron chi connectivity index (χ4n) is 1.94. The molecule has 1 aliphatic heterocycles. The van der Waals surface area contributed by atoms with Crippen LogP contribution in [0.15, 0.2) is 36.5 Å². The third-order valence-electron chi connectivity index (χ3n) is 3.06. The molecule has 1 aromatic carbocycles. The highest BCUT2D eigenvalue weighted by Gasteiger charge is 2.49. The van der Waals surface area contributed by atoms with E-state index >= 15 is 0 Å². The molecule has 1 aromatic rings. The van der Waals surface area contributed by atoms with E-state index in [9.17, 15) is 8.78 Å². The van der Waals surface area contributed by atoms with E-state index in [2.05, 4.69) is 6.58 Å². The number of likely N-dealkylation sites (tertiary alicyclic amines) is 1. The van der Waals surface area contributed by atoms with Gasteiger partial charge in [0.15, 0.2) is 6.10 Å². The summed E-state index contributed by atoms with van der Waals surface area (Å²) in [5.74, 6) is -2.57. The van der Waals surface area contributed by atoms with Crippen molar-refractivity contribution in [3.8, 4) is 11.8 Å². The summed E-state index contributed by atoms with van der Waals surface area (Å²) in [5.41, 5.74) is 1.07. The number of benzene rings is 1. The van der Waals surface area contributed by atoms with Gasteiger partial charge < -0.3 is 9.64 Å². The van der Waals surface area contributed by atoms with Gasteiger partial charge in [-0.2, -0.15) is 5.26 Å². The van der Waals surface area contributed by atoms with Crippen LogP contribution in [0, 0.1) is 11.3 Å². The van der Waals surface area contributed by atoms with Gasteiger partial charge >= 0.3 is 5.92 Å². The van der Waals surface area contributed by atoms with Crippen LogP contribution in [0.2, 0.25) is 0 Å². The summed E-state index contributed by atoms with van der Waals surface area (Å²) in [5, 5.41) is 8.66. The summed E-state index contributed by atoms with van der Waals surface area (Å²) >= 11 is 0. The van der Waals surface area contributed by atoms with Gasteiger partial charge in [0.2, 0.25) is 0 Å². The van der Waals surface area contributed by atoms with Crippen molar-refractivity contribution >= 4 is 0 Å². The molecule has 3 nitrogen and oxygen atoms in total. The second-order valence-corrected chi connectivity index (χ2v) is 4.62. The first kappa shape index (κ1) is 13.3. The molecule has 100 valence electrons. The maximum Gasteiger partial charge on any atom is 0.302 e. The van der Waals surface area contributed by atoms with Crippen LogP contribution in [-0.4, -0.2) is 30.0 Å². The van der Waals surface area contributed by atoms with E-state index in [4.69, 9.17) is 10.00 Å². The molecule has 1 aliphatic rings. The Kier molecular flexibility index (Phi) is 3.43. The molecule has 0 N–H and O–H groups in total. The SMILES string of the molecule is C=C(C)N1CC(Oc2ccc(C#N)cc2)C(F)(F)C1. The lowest BCUT2D eigenvalue weighted by Crippen LogP contribution is -2.36. The van der Waals surface area contributed by atoms with Crippen molar-refractivity contribution in [3.05, 3.63) is 42.1 Å². The normalized spacial score (nSPS) is 20.9. The van der Waals surface area contributed by atoms with Crippen molar-refractivity contribution in [1.29, 1.82) is 5.26 Å². The standard InChI is InChI=1S/C14H14F2N2O/c1-10(2)18-8-13(14(15,16)9-18)19-12-5-3-11(7-17)4-6-12/h3-6,13H,1,8-9H2,2H3. The Balaban J connectivity index is 2.09. The average molecular weight is 264 g/mol. The van der Waals surface area contributed by atoms with Crippen molar-refractivity contribution in [2.45, 2.75) is 19.0 Å². The number of allylic oxidation sites excluding steroid dienone is 1. The molecule has 19 heavy (non-hydrogen) atoms. The molecule has 0 saturated carbocycles. The van der Waals surface area contributed by atoms with Crippen LogP contribution in [0.1, 0.15) is 12.5 Å². The van der Waals surface area contributed by atoms with Gasteiger partial charge in [-0.1, -0.05) is 6.58 Å². The number of rotatable bonds is 3. The van der Waals surface area contributed by atoms with E-state index in [-0.39, 0.29) is 13.1 Å². The molecule has 0 aliphatic carbocycles. The summed E-state index contributed by atoms with van der Waals surface area (Å²) in [4.78, 5) is 1.51. The highest BCUT2D eigenvalue weighted by molar-refractivity contribution is 5.34. The highest BCUT2D eigenvalue weighted by Crippen LogP contribution is 2.32. The molecule has 1 fully saturated rings. The maximum atomic E-state index is 13.8. The summed E-state index contributed by atoms with van der Waals surface area (Å²) in [6.07, 6.45) is -1.20. The highest BCUT2D eigenvalue weighted by atomic mass is 19.3. The summed E-state index contributed by atoms with van der Waals surface area (Å²) in [6, 6.07) is 8.10. The number of halogens is 2. The van der Waals surface area contributed by atoms with Gasteiger partial charge in [-0.15, -0.1) is 0 Å². The molecular weight excluding hydrogens is 250 g/mol. The van der Waals surface area contributed by atoms with Crippen LogP contribution in [0.3, 0.4) is 0 Å². The topological polar surface area (TPSA) is 36.3 Å². The number of hydrogen-bond acceptors (Lipinski definition) is 3. The third-order valence-corrected chi connectivity index (χ3v) is 3.06. The van der Waals surface area contributed by atoms with Crippen molar-refractivity contribution < 1.29 is 13.5 Å². The van der Waals surface area contributed by atoms with E-state index in [1.807, 2.05) is 6.07 Å². The Labute approximate surface area is 110 Å². The lowest BCUT2D eigenvalue weighted by Gasteiger charge is -2.19. The van der Waals surface area contributed by atoms with Gasteiger partial charge in [0.25, 0.3) is 0 Å². The maximum absolute atomic E-state index is 13.8. The van der Waals surface area contributed by atoms with E-state index in [0.717, 1.165) is 0 Å². The number of alkyl halides is 2. The van der Waals surface area contributed by atoms with Crippen LogP contribution < -0.4 is 4.74 Å². The number of nitrogens with zero attached hydrogens (tertiary/aromatic N) is 2. The van der Waals surface area contributed by atoms with E-state index in [0.29, 0.717) is 17.0 Å². The zero-order valence-electron chi connectivity index (χ0n) is 10.6. The molecule has 1 heterocycles. The van der Waals surface area contributed by atoms with Crippen LogP contribution in [-0.2, 0) is 0 Å². The Morgan fingerprint density at radius 1 is 1.47 bits per heavy atom. The van der Waals surface area contributed by atoms with Gasteiger partial charge in [0.1, 0.15) is 5.75 Å². The minimum atomic E-state index is -2.91. The van der Waals surface area contributed by atoms with E-state index in [1.54, 1.807) is 19.1 Å². The largest absolute Gasteiger partial charge is 0.482 e. The van der Waals surface area contributed by atoms with Crippen LogP contribution in [0.25, 0.3) is 0 Å². The molecule has 0 amide bonds. The van der Waals surface area contributed by atoms with Crippen molar-refractivity contribution in [3.63, 3.8) is 0 Å². The fraction of sp³-hybridized carbons (Fsp3) is 0.357. The Morgan fingerprint density at radius 2 is 2.11 bits per heavy atom. The number of hydrogen-bond donors (Lipinski definition) is 0. The molecule has 0 spiro atoms. The molecule has 5 heteroatoms. The fourth-order valence-corrected chi connectivity index (χ4v) is 1.94. The van der Waals surface area contributed by atoms with Gasteiger partial charge in [-0.05, 0) is 31.2 Å². The predicted octanol–water partition coefficient (Wildman–Crippen LogP) is 2.79. The third kappa shape index (κ3) is 2.84. The van der Waals surface area contributed by atoms with Gasteiger partial charge in [-0.3, -0.25) is 0 Å². The van der Waals surface area contributed by atoms with Crippen molar-refractivity contribution in [1.82, 2.24) is 4.90 Å². The average Bonchev–Trinajstić information content (AvgIpc) is 2.66.